The summed E-state index contributed by atoms with van der Waals surface area (Å²) in [5.74, 6) is -4.28. The molecule has 1 aromatic rings. The van der Waals surface area contributed by atoms with E-state index in [1.54, 1.807) is 0 Å². The Bertz CT molecular complexity index is 288. The van der Waals surface area contributed by atoms with Crippen molar-refractivity contribution in [1.82, 2.24) is 0 Å². The number of benzene rings is 1. The van der Waals surface area contributed by atoms with Crippen molar-refractivity contribution < 1.29 is 17.9 Å². The Kier molecular flexibility index (Phi) is 2.47. The lowest BCUT2D eigenvalue weighted by atomic mass is 10.3. The molecule has 1 nitrogen and oxygen atoms in total. The topological polar surface area (TPSA) is 9.23 Å². The Hall–Kier alpha value is -0.900. The maximum atomic E-state index is 12.7. The smallest absolute Gasteiger partial charge is 0.202 e. The van der Waals surface area contributed by atoms with Crippen LogP contribution in [0.25, 0.3) is 0 Å². The van der Waals surface area contributed by atoms with Gasteiger partial charge in [-0.05, 0) is 0 Å². The molecule has 1 rings (SSSR count). The number of rotatable bonds is 1. The lowest BCUT2D eigenvalue weighted by Gasteiger charge is -2.04. The van der Waals surface area contributed by atoms with E-state index < -0.39 is 28.2 Å². The fourth-order valence-electron chi connectivity index (χ4n) is 0.730. The van der Waals surface area contributed by atoms with Crippen molar-refractivity contribution in [1.29, 1.82) is 0 Å². The highest BCUT2D eigenvalue weighted by Gasteiger charge is 2.17. The standard InChI is InChI=1S/C7H4ClF3O/c1-12-7-5(8)3(9)2-4(10)6(7)11/h2H,1H3. The van der Waals surface area contributed by atoms with Gasteiger partial charge < -0.3 is 4.74 Å². The molecule has 0 N–H and O–H groups in total. The molecule has 0 bridgehead atoms. The third kappa shape index (κ3) is 1.34. The zero-order valence-electron chi connectivity index (χ0n) is 6.00. The van der Waals surface area contributed by atoms with Gasteiger partial charge in [0.1, 0.15) is 10.8 Å². The van der Waals surface area contributed by atoms with Crippen LogP contribution in [0.15, 0.2) is 6.07 Å². The van der Waals surface area contributed by atoms with Gasteiger partial charge in [-0.3, -0.25) is 0 Å². The van der Waals surface area contributed by atoms with Gasteiger partial charge in [-0.1, -0.05) is 11.6 Å². The van der Waals surface area contributed by atoms with Crippen LogP contribution in [0.3, 0.4) is 0 Å². The molecular weight excluding hydrogens is 193 g/mol. The van der Waals surface area contributed by atoms with Crippen LogP contribution in [0.5, 0.6) is 5.75 Å². The van der Waals surface area contributed by atoms with Crippen LogP contribution < -0.4 is 4.74 Å². The van der Waals surface area contributed by atoms with Gasteiger partial charge in [-0.15, -0.1) is 0 Å². The van der Waals surface area contributed by atoms with Crippen molar-refractivity contribution in [2.75, 3.05) is 7.11 Å². The summed E-state index contributed by atoms with van der Waals surface area (Å²) in [5, 5.41) is -0.559. The van der Waals surface area contributed by atoms with Crippen LogP contribution in [0.4, 0.5) is 13.2 Å². The summed E-state index contributed by atoms with van der Waals surface area (Å²) in [6.07, 6.45) is 0. The Labute approximate surface area is 71.7 Å². The predicted molar refractivity (Wildman–Crippen MR) is 37.9 cm³/mol. The van der Waals surface area contributed by atoms with Crippen molar-refractivity contribution in [2.24, 2.45) is 0 Å². The molecule has 0 aliphatic rings. The van der Waals surface area contributed by atoms with Crippen LogP contribution in [0.1, 0.15) is 0 Å². The molecule has 1 aromatic carbocycles. The maximum Gasteiger partial charge on any atom is 0.202 e. The quantitative estimate of drug-likeness (QED) is 0.628. The summed E-state index contributed by atoms with van der Waals surface area (Å²) in [5.41, 5.74) is 0. The molecule has 0 atom stereocenters. The van der Waals surface area contributed by atoms with Crippen LogP contribution >= 0.6 is 11.6 Å². The lowest BCUT2D eigenvalue weighted by molar-refractivity contribution is 0.367. The van der Waals surface area contributed by atoms with E-state index in [-0.39, 0.29) is 0 Å². The summed E-state index contributed by atoms with van der Waals surface area (Å²) in [6, 6.07) is 0.361. The van der Waals surface area contributed by atoms with Gasteiger partial charge in [0, 0.05) is 6.07 Å². The summed E-state index contributed by atoms with van der Waals surface area (Å²) in [6.45, 7) is 0. The summed E-state index contributed by atoms with van der Waals surface area (Å²) in [4.78, 5) is 0. The summed E-state index contributed by atoms with van der Waals surface area (Å²) in [7, 11) is 1.07. The van der Waals surface area contributed by atoms with Crippen LogP contribution in [-0.4, -0.2) is 7.11 Å². The van der Waals surface area contributed by atoms with Gasteiger partial charge in [-0.2, -0.15) is 4.39 Å². The molecule has 0 aliphatic carbocycles. The van der Waals surface area contributed by atoms with E-state index in [1.807, 2.05) is 0 Å². The molecule has 0 radical (unpaired) electrons. The zero-order chi connectivity index (χ0) is 9.30. The number of ether oxygens (including phenoxy) is 1. The Morgan fingerprint density at radius 3 is 2.33 bits per heavy atom. The molecule has 0 saturated heterocycles. The normalized spacial score (nSPS) is 10.1. The molecule has 5 heteroatoms. The Balaban J connectivity index is 3.42. The van der Waals surface area contributed by atoms with Gasteiger partial charge in [0.25, 0.3) is 0 Å². The van der Waals surface area contributed by atoms with Gasteiger partial charge in [-0.25, -0.2) is 8.78 Å². The molecule has 0 saturated carbocycles. The van der Waals surface area contributed by atoms with Crippen molar-refractivity contribution in [2.45, 2.75) is 0 Å². The summed E-state index contributed by atoms with van der Waals surface area (Å²) < 4.78 is 42.1. The Morgan fingerprint density at radius 2 is 1.83 bits per heavy atom. The SMILES string of the molecule is COc1c(F)c(F)cc(F)c1Cl. The highest BCUT2D eigenvalue weighted by atomic mass is 35.5. The van der Waals surface area contributed by atoms with Crippen LogP contribution in [0, 0.1) is 17.5 Å². The van der Waals surface area contributed by atoms with Gasteiger partial charge >= 0.3 is 0 Å². The third-order valence-electron chi connectivity index (χ3n) is 1.28. The molecular formula is C7H4ClF3O. The maximum absolute atomic E-state index is 12.7. The largest absolute Gasteiger partial charge is 0.492 e. The van der Waals surface area contributed by atoms with E-state index in [0.717, 1.165) is 7.11 Å². The van der Waals surface area contributed by atoms with Crippen molar-refractivity contribution >= 4 is 11.6 Å². The molecule has 0 unspecified atom stereocenters. The van der Waals surface area contributed by atoms with Crippen molar-refractivity contribution in [3.05, 3.63) is 28.5 Å². The number of methoxy groups -OCH3 is 1. The highest BCUT2D eigenvalue weighted by molar-refractivity contribution is 6.32. The summed E-state index contributed by atoms with van der Waals surface area (Å²) >= 11 is 5.26. The molecule has 0 fully saturated rings. The minimum Gasteiger partial charge on any atom is -0.492 e. The van der Waals surface area contributed by atoms with Crippen LogP contribution in [0.2, 0.25) is 5.02 Å². The first kappa shape index (κ1) is 9.19. The van der Waals surface area contributed by atoms with Crippen molar-refractivity contribution in [3.8, 4) is 5.75 Å². The molecule has 66 valence electrons. The Morgan fingerprint density at radius 1 is 1.25 bits per heavy atom. The molecule has 0 aromatic heterocycles. The molecule has 0 heterocycles. The monoisotopic (exact) mass is 196 g/mol. The minimum atomic E-state index is -1.33. The van der Waals surface area contributed by atoms with Crippen LogP contribution in [-0.2, 0) is 0 Å². The second-order valence-electron chi connectivity index (χ2n) is 2.00. The number of halogens is 4. The van der Waals surface area contributed by atoms with Gasteiger partial charge in [0.2, 0.25) is 5.82 Å². The van der Waals surface area contributed by atoms with Gasteiger partial charge in [0.05, 0.1) is 7.11 Å². The molecule has 0 aliphatic heterocycles. The fraction of sp³-hybridized carbons (Fsp3) is 0.143. The second kappa shape index (κ2) is 3.23. The predicted octanol–water partition coefficient (Wildman–Crippen LogP) is 2.77. The van der Waals surface area contributed by atoms with E-state index in [0.29, 0.717) is 6.07 Å². The first-order valence-electron chi connectivity index (χ1n) is 2.95. The van der Waals surface area contributed by atoms with E-state index in [9.17, 15) is 13.2 Å². The molecule has 0 spiro atoms. The average Bonchev–Trinajstić information content (AvgIpc) is 2.02. The average molecular weight is 197 g/mol. The first-order valence-corrected chi connectivity index (χ1v) is 3.32. The second-order valence-corrected chi connectivity index (χ2v) is 2.38. The molecule has 12 heavy (non-hydrogen) atoms. The fourth-order valence-corrected chi connectivity index (χ4v) is 0.945. The minimum absolute atomic E-state index is 0.361. The van der Waals surface area contributed by atoms with Gasteiger partial charge in [0.15, 0.2) is 11.6 Å². The zero-order valence-corrected chi connectivity index (χ0v) is 6.75. The number of hydrogen-bond acceptors (Lipinski definition) is 1. The first-order chi connectivity index (χ1) is 5.57. The van der Waals surface area contributed by atoms with E-state index in [1.165, 1.54) is 0 Å². The highest BCUT2D eigenvalue weighted by Crippen LogP contribution is 2.31. The third-order valence-corrected chi connectivity index (χ3v) is 1.63. The van der Waals surface area contributed by atoms with E-state index >= 15 is 0 Å². The number of hydrogen-bond donors (Lipinski definition) is 0. The van der Waals surface area contributed by atoms with Crippen molar-refractivity contribution in [3.63, 3.8) is 0 Å². The van der Waals surface area contributed by atoms with E-state index in [4.69, 9.17) is 11.6 Å². The molecule has 0 amide bonds. The lowest BCUT2D eigenvalue weighted by Crippen LogP contribution is -1.95. The van der Waals surface area contributed by atoms with E-state index in [2.05, 4.69) is 4.74 Å².